The molecule has 1 aliphatic heterocycles. The Kier molecular flexibility index (Phi) is 4.81. The number of hydrogen-bond acceptors (Lipinski definition) is 3. The molecule has 0 aliphatic carbocycles. The van der Waals surface area contributed by atoms with Gasteiger partial charge < -0.3 is 15.7 Å². The highest BCUT2D eigenvalue weighted by atomic mass is 19.1. The molecule has 0 spiro atoms. The average Bonchev–Trinajstić information content (AvgIpc) is 2.57. The van der Waals surface area contributed by atoms with E-state index in [1.54, 1.807) is 24.3 Å². The zero-order chi connectivity index (χ0) is 17.1. The number of halogens is 1. The first kappa shape index (κ1) is 16.5. The highest BCUT2D eigenvalue weighted by molar-refractivity contribution is 5.77. The van der Waals surface area contributed by atoms with Crippen molar-refractivity contribution in [1.82, 2.24) is 10.6 Å². The number of piperidine rings is 1. The third kappa shape index (κ3) is 3.57. The predicted octanol–water partition coefficient (Wildman–Crippen LogP) is 2.95. The van der Waals surface area contributed by atoms with Crippen molar-refractivity contribution >= 4 is 5.91 Å². The van der Waals surface area contributed by atoms with Crippen LogP contribution in [0.5, 0.6) is 5.75 Å². The summed E-state index contributed by atoms with van der Waals surface area (Å²) in [5.41, 5.74) is 2.34. The first-order valence-corrected chi connectivity index (χ1v) is 8.10. The van der Waals surface area contributed by atoms with Crippen LogP contribution in [0.15, 0.2) is 42.5 Å². The third-order valence-electron chi connectivity index (χ3n) is 4.43. The van der Waals surface area contributed by atoms with Gasteiger partial charge in [0.25, 0.3) is 0 Å². The Balaban J connectivity index is 1.78. The number of rotatable bonds is 4. The van der Waals surface area contributed by atoms with Crippen LogP contribution in [0.4, 0.5) is 4.39 Å². The van der Waals surface area contributed by atoms with Crippen molar-refractivity contribution in [2.24, 2.45) is 0 Å². The van der Waals surface area contributed by atoms with E-state index in [2.05, 4.69) is 10.6 Å². The topological polar surface area (TPSA) is 61.4 Å². The Morgan fingerprint density at radius 3 is 2.88 bits per heavy atom. The van der Waals surface area contributed by atoms with Crippen molar-refractivity contribution < 1.29 is 14.3 Å². The highest BCUT2D eigenvalue weighted by Crippen LogP contribution is 2.27. The summed E-state index contributed by atoms with van der Waals surface area (Å²) in [6.45, 7) is 2.42. The molecule has 0 radical (unpaired) electrons. The van der Waals surface area contributed by atoms with Gasteiger partial charge in [0, 0.05) is 30.1 Å². The molecule has 1 amide bonds. The Labute approximate surface area is 140 Å². The molecule has 3 N–H and O–H groups in total. The molecule has 4 nitrogen and oxygen atoms in total. The third-order valence-corrected chi connectivity index (χ3v) is 4.43. The Hall–Kier alpha value is -2.40. The lowest BCUT2D eigenvalue weighted by atomic mass is 9.91. The average molecular weight is 328 g/mol. The monoisotopic (exact) mass is 328 g/mol. The number of nitrogens with one attached hydrogen (secondary N) is 2. The molecule has 5 heteroatoms. The Morgan fingerprint density at radius 2 is 2.08 bits per heavy atom. The van der Waals surface area contributed by atoms with Gasteiger partial charge in [0.15, 0.2) is 0 Å². The van der Waals surface area contributed by atoms with Crippen molar-refractivity contribution in [3.8, 4) is 5.75 Å². The zero-order valence-corrected chi connectivity index (χ0v) is 13.6. The fourth-order valence-corrected chi connectivity index (χ4v) is 3.14. The summed E-state index contributed by atoms with van der Waals surface area (Å²) >= 11 is 0. The number of hydrogen-bond donors (Lipinski definition) is 3. The van der Waals surface area contributed by atoms with E-state index in [1.165, 1.54) is 6.07 Å². The second-order valence-electron chi connectivity index (χ2n) is 6.22. The SMILES string of the molecule is Cc1ccc(O)c(CN[C@@H]2CCC(=O)N[C@H]2c2ccccc2F)c1. The quantitative estimate of drug-likeness (QED) is 0.809. The molecule has 0 saturated carbocycles. The van der Waals surface area contributed by atoms with Gasteiger partial charge in [-0.3, -0.25) is 4.79 Å². The summed E-state index contributed by atoms with van der Waals surface area (Å²) in [7, 11) is 0. The first-order valence-electron chi connectivity index (χ1n) is 8.10. The van der Waals surface area contributed by atoms with Gasteiger partial charge in [-0.25, -0.2) is 4.39 Å². The number of benzene rings is 2. The maximum absolute atomic E-state index is 14.1. The van der Waals surface area contributed by atoms with E-state index in [4.69, 9.17) is 0 Å². The summed E-state index contributed by atoms with van der Waals surface area (Å²) in [5.74, 6) is -0.162. The van der Waals surface area contributed by atoms with Crippen LogP contribution in [-0.4, -0.2) is 17.1 Å². The molecule has 3 rings (SSSR count). The first-order chi connectivity index (χ1) is 11.5. The minimum atomic E-state index is -0.417. The smallest absolute Gasteiger partial charge is 0.220 e. The molecule has 1 fully saturated rings. The minimum Gasteiger partial charge on any atom is -0.508 e. The van der Waals surface area contributed by atoms with Gasteiger partial charge >= 0.3 is 0 Å². The zero-order valence-electron chi connectivity index (χ0n) is 13.6. The molecule has 2 atom stereocenters. The summed E-state index contributed by atoms with van der Waals surface area (Å²) in [6, 6.07) is 11.4. The van der Waals surface area contributed by atoms with Crippen molar-refractivity contribution in [1.29, 1.82) is 0 Å². The fourth-order valence-electron chi connectivity index (χ4n) is 3.14. The van der Waals surface area contributed by atoms with Crippen molar-refractivity contribution in [3.63, 3.8) is 0 Å². The Morgan fingerprint density at radius 1 is 1.29 bits per heavy atom. The van der Waals surface area contributed by atoms with Gasteiger partial charge in [-0.1, -0.05) is 35.9 Å². The molecule has 2 aromatic rings. The second-order valence-corrected chi connectivity index (χ2v) is 6.22. The van der Waals surface area contributed by atoms with E-state index in [9.17, 15) is 14.3 Å². The van der Waals surface area contributed by atoms with Crippen LogP contribution < -0.4 is 10.6 Å². The van der Waals surface area contributed by atoms with Crippen LogP contribution in [0.2, 0.25) is 0 Å². The van der Waals surface area contributed by atoms with Crippen LogP contribution in [-0.2, 0) is 11.3 Å². The molecule has 0 unspecified atom stereocenters. The molecule has 1 heterocycles. The van der Waals surface area contributed by atoms with E-state index in [0.29, 0.717) is 24.9 Å². The van der Waals surface area contributed by atoms with Crippen LogP contribution in [0.3, 0.4) is 0 Å². The van der Waals surface area contributed by atoms with E-state index in [1.807, 2.05) is 19.1 Å². The lowest BCUT2D eigenvalue weighted by Crippen LogP contribution is -2.48. The van der Waals surface area contributed by atoms with Crippen molar-refractivity contribution in [3.05, 3.63) is 65.0 Å². The maximum atomic E-state index is 14.1. The van der Waals surface area contributed by atoms with Crippen LogP contribution >= 0.6 is 0 Å². The van der Waals surface area contributed by atoms with Gasteiger partial charge in [0.1, 0.15) is 11.6 Å². The van der Waals surface area contributed by atoms with Crippen molar-refractivity contribution in [2.45, 2.75) is 38.4 Å². The predicted molar refractivity (Wildman–Crippen MR) is 90.0 cm³/mol. The number of aromatic hydroxyl groups is 1. The molecule has 0 bridgehead atoms. The van der Waals surface area contributed by atoms with Gasteiger partial charge in [-0.05, 0) is 25.5 Å². The normalized spacial score (nSPS) is 20.7. The molecule has 0 aromatic heterocycles. The van der Waals surface area contributed by atoms with E-state index >= 15 is 0 Å². The molecular weight excluding hydrogens is 307 g/mol. The van der Waals surface area contributed by atoms with E-state index in [-0.39, 0.29) is 23.5 Å². The van der Waals surface area contributed by atoms with Gasteiger partial charge in [-0.2, -0.15) is 0 Å². The van der Waals surface area contributed by atoms with Gasteiger partial charge in [0.2, 0.25) is 5.91 Å². The lowest BCUT2D eigenvalue weighted by Gasteiger charge is -2.33. The molecule has 126 valence electrons. The highest BCUT2D eigenvalue weighted by Gasteiger charge is 2.31. The van der Waals surface area contributed by atoms with E-state index in [0.717, 1.165) is 11.1 Å². The molecule has 24 heavy (non-hydrogen) atoms. The number of amides is 1. The van der Waals surface area contributed by atoms with E-state index < -0.39 is 6.04 Å². The van der Waals surface area contributed by atoms with Crippen LogP contribution in [0.1, 0.15) is 35.6 Å². The molecule has 2 aromatic carbocycles. The summed E-state index contributed by atoms with van der Waals surface area (Å²) < 4.78 is 14.1. The van der Waals surface area contributed by atoms with Crippen LogP contribution in [0.25, 0.3) is 0 Å². The number of carbonyl (C=O) groups excluding carboxylic acids is 1. The number of aryl methyl sites for hydroxylation is 1. The summed E-state index contributed by atoms with van der Waals surface area (Å²) in [4.78, 5) is 11.8. The summed E-state index contributed by atoms with van der Waals surface area (Å²) in [6.07, 6.45) is 1.03. The standard InChI is InChI=1S/C19H21FN2O2/c1-12-6-8-17(23)13(10-12)11-21-16-7-9-18(24)22-19(16)14-4-2-3-5-15(14)20/h2-6,8,10,16,19,21,23H,7,9,11H2,1H3,(H,22,24)/t16-,19+/m1/s1. The largest absolute Gasteiger partial charge is 0.508 e. The molecular formula is C19H21FN2O2. The van der Waals surface area contributed by atoms with Crippen molar-refractivity contribution in [2.75, 3.05) is 0 Å². The molecule has 1 saturated heterocycles. The maximum Gasteiger partial charge on any atom is 0.220 e. The van der Waals surface area contributed by atoms with Gasteiger partial charge in [0.05, 0.1) is 6.04 Å². The van der Waals surface area contributed by atoms with Gasteiger partial charge in [-0.15, -0.1) is 0 Å². The minimum absolute atomic E-state index is 0.0697. The molecule has 1 aliphatic rings. The lowest BCUT2D eigenvalue weighted by molar-refractivity contribution is -0.123. The fraction of sp³-hybridized carbons (Fsp3) is 0.316. The number of phenols is 1. The summed E-state index contributed by atoms with van der Waals surface area (Å²) in [5, 5.41) is 16.2. The van der Waals surface area contributed by atoms with Crippen LogP contribution in [0, 0.1) is 12.7 Å². The Bertz CT molecular complexity index is 748. The number of carbonyl (C=O) groups is 1. The second kappa shape index (κ2) is 7.01. The number of phenolic OH excluding ortho intramolecular Hbond substituents is 1.